The van der Waals surface area contributed by atoms with Crippen LogP contribution in [-0.2, 0) is 6.54 Å². The van der Waals surface area contributed by atoms with Crippen LogP contribution in [0.5, 0.6) is 0 Å². The van der Waals surface area contributed by atoms with Gasteiger partial charge in [-0.15, -0.1) is 0 Å². The van der Waals surface area contributed by atoms with Crippen LogP contribution in [0.15, 0.2) is 18.3 Å². The fraction of sp³-hybridized carbons (Fsp3) is 0.583. The van der Waals surface area contributed by atoms with E-state index in [1.165, 1.54) is 13.1 Å². The van der Waals surface area contributed by atoms with Gasteiger partial charge in [0.2, 0.25) is 0 Å². The smallest absolute Gasteiger partial charge is 0.0545 e. The molecule has 0 aliphatic carbocycles. The van der Waals surface area contributed by atoms with Crippen LogP contribution in [0, 0.1) is 11.8 Å². The van der Waals surface area contributed by atoms with Gasteiger partial charge in [-0.1, -0.05) is 13.8 Å². The average Bonchev–Trinajstić information content (AvgIpc) is 2.50. The number of hydrogen-bond donors (Lipinski definition) is 1. The number of anilines is 1. The van der Waals surface area contributed by atoms with E-state index in [1.807, 2.05) is 12.1 Å². The van der Waals surface area contributed by atoms with E-state index < -0.39 is 0 Å². The van der Waals surface area contributed by atoms with Crippen molar-refractivity contribution in [1.29, 1.82) is 0 Å². The molecule has 2 unspecified atom stereocenters. The minimum Gasteiger partial charge on any atom is -0.397 e. The first-order valence-electron chi connectivity index (χ1n) is 5.58. The van der Waals surface area contributed by atoms with Crippen molar-refractivity contribution in [2.24, 2.45) is 11.8 Å². The van der Waals surface area contributed by atoms with Crippen LogP contribution < -0.4 is 5.73 Å². The Kier molecular flexibility index (Phi) is 2.91. The Hall–Kier alpha value is -1.09. The normalized spacial score (nSPS) is 27.1. The number of nitrogen functional groups attached to an aromatic ring is 1. The standard InChI is InChI=1S/C12H19N3/c1-9-6-15(7-10(9)2)8-12-4-3-11(13)5-14-12/h3-5,9-10H,6-8,13H2,1-2H3. The zero-order valence-electron chi connectivity index (χ0n) is 9.48. The van der Waals surface area contributed by atoms with Crippen LogP contribution in [0.25, 0.3) is 0 Å². The number of likely N-dealkylation sites (tertiary alicyclic amines) is 1. The minimum absolute atomic E-state index is 0.738. The summed E-state index contributed by atoms with van der Waals surface area (Å²) in [5.41, 5.74) is 7.46. The highest BCUT2D eigenvalue weighted by Gasteiger charge is 2.25. The Morgan fingerprint density at radius 2 is 2.00 bits per heavy atom. The Labute approximate surface area is 91.3 Å². The molecular formula is C12H19N3. The van der Waals surface area contributed by atoms with Gasteiger partial charge in [0.1, 0.15) is 0 Å². The van der Waals surface area contributed by atoms with Crippen molar-refractivity contribution < 1.29 is 0 Å². The summed E-state index contributed by atoms with van der Waals surface area (Å²) in [6, 6.07) is 3.94. The maximum absolute atomic E-state index is 5.60. The lowest BCUT2D eigenvalue weighted by atomic mass is 10.0. The lowest BCUT2D eigenvalue weighted by Crippen LogP contribution is -2.20. The van der Waals surface area contributed by atoms with Crippen LogP contribution in [0.4, 0.5) is 5.69 Å². The number of hydrogen-bond acceptors (Lipinski definition) is 3. The molecule has 1 aliphatic rings. The third-order valence-electron chi connectivity index (χ3n) is 3.30. The van der Waals surface area contributed by atoms with Gasteiger partial charge in [-0.2, -0.15) is 0 Å². The summed E-state index contributed by atoms with van der Waals surface area (Å²) in [6.07, 6.45) is 1.73. The molecular weight excluding hydrogens is 186 g/mol. The minimum atomic E-state index is 0.738. The van der Waals surface area contributed by atoms with Crippen molar-refractivity contribution in [3.8, 4) is 0 Å². The molecule has 1 saturated heterocycles. The molecule has 1 aromatic rings. The van der Waals surface area contributed by atoms with E-state index in [1.54, 1.807) is 6.20 Å². The number of nitrogens with two attached hydrogens (primary N) is 1. The van der Waals surface area contributed by atoms with Crippen molar-refractivity contribution in [2.75, 3.05) is 18.8 Å². The highest BCUT2D eigenvalue weighted by Crippen LogP contribution is 2.23. The first kappa shape index (κ1) is 10.4. The lowest BCUT2D eigenvalue weighted by Gasteiger charge is -2.14. The number of rotatable bonds is 2. The molecule has 82 valence electrons. The molecule has 0 amide bonds. The van der Waals surface area contributed by atoms with E-state index in [0.717, 1.165) is 29.8 Å². The summed E-state index contributed by atoms with van der Waals surface area (Å²) >= 11 is 0. The maximum Gasteiger partial charge on any atom is 0.0545 e. The summed E-state index contributed by atoms with van der Waals surface area (Å²) in [6.45, 7) is 7.97. The Balaban J connectivity index is 1.95. The highest BCUT2D eigenvalue weighted by atomic mass is 15.2. The van der Waals surface area contributed by atoms with Crippen molar-refractivity contribution >= 4 is 5.69 Å². The molecule has 3 nitrogen and oxygen atoms in total. The van der Waals surface area contributed by atoms with E-state index in [4.69, 9.17) is 5.73 Å². The van der Waals surface area contributed by atoms with Crippen LogP contribution >= 0.6 is 0 Å². The molecule has 0 spiro atoms. The Morgan fingerprint density at radius 1 is 1.33 bits per heavy atom. The van der Waals surface area contributed by atoms with Gasteiger partial charge in [0.05, 0.1) is 17.6 Å². The monoisotopic (exact) mass is 205 g/mol. The van der Waals surface area contributed by atoms with E-state index in [0.29, 0.717) is 0 Å². The van der Waals surface area contributed by atoms with Gasteiger partial charge >= 0.3 is 0 Å². The van der Waals surface area contributed by atoms with Crippen LogP contribution in [0.3, 0.4) is 0 Å². The molecule has 2 heterocycles. The largest absolute Gasteiger partial charge is 0.397 e. The third kappa shape index (κ3) is 2.48. The summed E-state index contributed by atoms with van der Waals surface area (Å²) < 4.78 is 0. The van der Waals surface area contributed by atoms with E-state index in [9.17, 15) is 0 Å². The molecule has 0 aromatic carbocycles. The highest BCUT2D eigenvalue weighted by molar-refractivity contribution is 5.34. The quantitative estimate of drug-likeness (QED) is 0.800. The third-order valence-corrected chi connectivity index (χ3v) is 3.30. The second-order valence-corrected chi connectivity index (χ2v) is 4.73. The predicted molar refractivity (Wildman–Crippen MR) is 62.3 cm³/mol. The van der Waals surface area contributed by atoms with Gasteiger partial charge in [0, 0.05) is 19.6 Å². The number of pyridine rings is 1. The fourth-order valence-corrected chi connectivity index (χ4v) is 2.14. The van der Waals surface area contributed by atoms with Crippen molar-refractivity contribution in [2.45, 2.75) is 20.4 Å². The fourth-order valence-electron chi connectivity index (χ4n) is 2.14. The summed E-state index contributed by atoms with van der Waals surface area (Å²) in [7, 11) is 0. The zero-order chi connectivity index (χ0) is 10.8. The van der Waals surface area contributed by atoms with Gasteiger partial charge in [-0.3, -0.25) is 9.88 Å². The average molecular weight is 205 g/mol. The van der Waals surface area contributed by atoms with Crippen LogP contribution in [0.1, 0.15) is 19.5 Å². The second kappa shape index (κ2) is 4.19. The van der Waals surface area contributed by atoms with Crippen LogP contribution in [-0.4, -0.2) is 23.0 Å². The van der Waals surface area contributed by atoms with Gasteiger partial charge in [-0.05, 0) is 24.0 Å². The molecule has 0 radical (unpaired) electrons. The van der Waals surface area contributed by atoms with E-state index in [2.05, 4.69) is 23.7 Å². The number of aromatic nitrogens is 1. The van der Waals surface area contributed by atoms with Gasteiger partial charge in [-0.25, -0.2) is 0 Å². The molecule has 15 heavy (non-hydrogen) atoms. The zero-order valence-corrected chi connectivity index (χ0v) is 9.48. The molecule has 3 heteroatoms. The van der Waals surface area contributed by atoms with E-state index in [-0.39, 0.29) is 0 Å². The molecule has 2 atom stereocenters. The van der Waals surface area contributed by atoms with Gasteiger partial charge in [0.25, 0.3) is 0 Å². The van der Waals surface area contributed by atoms with Crippen molar-refractivity contribution in [3.05, 3.63) is 24.0 Å². The Bertz CT molecular complexity index is 310. The molecule has 1 aromatic heterocycles. The molecule has 1 fully saturated rings. The molecule has 1 aliphatic heterocycles. The SMILES string of the molecule is CC1CN(Cc2ccc(N)cn2)CC1C. The van der Waals surface area contributed by atoms with Crippen molar-refractivity contribution in [3.63, 3.8) is 0 Å². The summed E-state index contributed by atoms with van der Waals surface area (Å²) in [5.74, 6) is 1.61. The Morgan fingerprint density at radius 3 is 2.53 bits per heavy atom. The van der Waals surface area contributed by atoms with Crippen LogP contribution in [0.2, 0.25) is 0 Å². The predicted octanol–water partition coefficient (Wildman–Crippen LogP) is 1.75. The second-order valence-electron chi connectivity index (χ2n) is 4.73. The molecule has 0 bridgehead atoms. The first-order chi connectivity index (χ1) is 7.15. The molecule has 0 saturated carbocycles. The molecule has 2 rings (SSSR count). The van der Waals surface area contributed by atoms with E-state index >= 15 is 0 Å². The van der Waals surface area contributed by atoms with Crippen molar-refractivity contribution in [1.82, 2.24) is 9.88 Å². The summed E-state index contributed by atoms with van der Waals surface area (Å²) in [4.78, 5) is 6.79. The number of nitrogens with zero attached hydrogens (tertiary/aromatic N) is 2. The summed E-state index contributed by atoms with van der Waals surface area (Å²) in [5, 5.41) is 0. The van der Waals surface area contributed by atoms with Gasteiger partial charge in [0.15, 0.2) is 0 Å². The lowest BCUT2D eigenvalue weighted by molar-refractivity contribution is 0.312. The van der Waals surface area contributed by atoms with Gasteiger partial charge < -0.3 is 5.73 Å². The maximum atomic E-state index is 5.60. The first-order valence-corrected chi connectivity index (χ1v) is 5.58. The topological polar surface area (TPSA) is 42.1 Å². The molecule has 2 N–H and O–H groups in total.